The molecule has 1 aromatic heterocycles. The van der Waals surface area contributed by atoms with Crippen molar-refractivity contribution < 1.29 is 4.79 Å². The SMILES string of the molecule is Cc1cccc(C(C)C)c1NC(=O)c1cnc(N(C)c2ccccc2)cn1. The topological polar surface area (TPSA) is 58.1 Å². The van der Waals surface area contributed by atoms with E-state index in [1.54, 1.807) is 6.20 Å². The minimum atomic E-state index is -0.257. The highest BCUT2D eigenvalue weighted by molar-refractivity contribution is 6.03. The summed E-state index contributed by atoms with van der Waals surface area (Å²) in [5, 5.41) is 3.00. The summed E-state index contributed by atoms with van der Waals surface area (Å²) in [5.41, 5.74) is 4.29. The van der Waals surface area contributed by atoms with Crippen molar-refractivity contribution in [2.75, 3.05) is 17.3 Å². The van der Waals surface area contributed by atoms with Gasteiger partial charge in [0.25, 0.3) is 5.91 Å². The van der Waals surface area contributed by atoms with Crippen LogP contribution in [0.4, 0.5) is 17.2 Å². The standard InChI is InChI=1S/C22H24N4O/c1-15(2)18-12-8-9-16(3)21(18)25-22(27)19-13-24-20(14-23-19)26(4)17-10-6-5-7-11-17/h5-15H,1-4H3,(H,25,27). The summed E-state index contributed by atoms with van der Waals surface area (Å²) in [7, 11) is 1.92. The third kappa shape index (κ3) is 4.14. The van der Waals surface area contributed by atoms with E-state index in [0.29, 0.717) is 11.7 Å². The van der Waals surface area contributed by atoms with Gasteiger partial charge in [0.1, 0.15) is 5.69 Å². The fourth-order valence-electron chi connectivity index (χ4n) is 2.92. The van der Waals surface area contributed by atoms with Gasteiger partial charge in [0.15, 0.2) is 5.82 Å². The highest BCUT2D eigenvalue weighted by Crippen LogP contribution is 2.28. The van der Waals surface area contributed by atoms with Gasteiger partial charge in [-0.3, -0.25) is 4.79 Å². The number of rotatable bonds is 5. The number of amides is 1. The van der Waals surface area contributed by atoms with Crippen LogP contribution < -0.4 is 10.2 Å². The zero-order valence-corrected chi connectivity index (χ0v) is 16.1. The molecule has 1 N–H and O–H groups in total. The van der Waals surface area contributed by atoms with Crippen molar-refractivity contribution >= 4 is 23.1 Å². The number of carbonyl (C=O) groups excluding carboxylic acids is 1. The van der Waals surface area contributed by atoms with E-state index in [9.17, 15) is 4.79 Å². The van der Waals surface area contributed by atoms with E-state index < -0.39 is 0 Å². The fraction of sp³-hybridized carbons (Fsp3) is 0.227. The molecule has 1 amide bonds. The lowest BCUT2D eigenvalue weighted by atomic mass is 9.98. The van der Waals surface area contributed by atoms with Crippen molar-refractivity contribution in [2.24, 2.45) is 0 Å². The second kappa shape index (κ2) is 7.99. The molecule has 0 aliphatic heterocycles. The lowest BCUT2D eigenvalue weighted by molar-refractivity contribution is 0.102. The van der Waals surface area contributed by atoms with Crippen LogP contribution in [0.1, 0.15) is 41.4 Å². The molecule has 3 aromatic rings. The Morgan fingerprint density at radius 2 is 1.74 bits per heavy atom. The first-order valence-corrected chi connectivity index (χ1v) is 8.99. The number of aromatic nitrogens is 2. The predicted molar refractivity (Wildman–Crippen MR) is 110 cm³/mol. The van der Waals surface area contributed by atoms with E-state index >= 15 is 0 Å². The normalized spacial score (nSPS) is 10.7. The Kier molecular flexibility index (Phi) is 5.50. The van der Waals surface area contributed by atoms with Crippen LogP contribution >= 0.6 is 0 Å². The number of para-hydroxylation sites is 2. The van der Waals surface area contributed by atoms with Gasteiger partial charge in [0.2, 0.25) is 0 Å². The Morgan fingerprint density at radius 1 is 1.00 bits per heavy atom. The number of carbonyl (C=O) groups is 1. The maximum atomic E-state index is 12.7. The molecule has 2 aromatic carbocycles. The van der Waals surface area contributed by atoms with E-state index in [1.807, 2.05) is 67.4 Å². The van der Waals surface area contributed by atoms with E-state index in [-0.39, 0.29) is 11.6 Å². The zero-order chi connectivity index (χ0) is 19.4. The molecule has 138 valence electrons. The monoisotopic (exact) mass is 360 g/mol. The van der Waals surface area contributed by atoms with Crippen LogP contribution in [0.5, 0.6) is 0 Å². The number of benzene rings is 2. The Balaban J connectivity index is 1.79. The molecule has 0 fully saturated rings. The average Bonchev–Trinajstić information content (AvgIpc) is 2.69. The molecule has 1 heterocycles. The summed E-state index contributed by atoms with van der Waals surface area (Å²) >= 11 is 0. The first-order valence-electron chi connectivity index (χ1n) is 8.99. The first kappa shape index (κ1) is 18.6. The molecule has 3 rings (SSSR count). The quantitative estimate of drug-likeness (QED) is 0.701. The smallest absolute Gasteiger partial charge is 0.275 e. The Hall–Kier alpha value is -3.21. The summed E-state index contributed by atoms with van der Waals surface area (Å²) in [6.45, 7) is 6.21. The van der Waals surface area contributed by atoms with Crippen LogP contribution in [0.25, 0.3) is 0 Å². The van der Waals surface area contributed by atoms with Crippen LogP contribution in [0, 0.1) is 6.92 Å². The largest absolute Gasteiger partial charge is 0.328 e. The number of hydrogen-bond acceptors (Lipinski definition) is 4. The molecule has 0 spiro atoms. The van der Waals surface area contributed by atoms with Crippen LogP contribution in [0.3, 0.4) is 0 Å². The summed E-state index contributed by atoms with van der Waals surface area (Å²) < 4.78 is 0. The minimum absolute atomic E-state index is 0.257. The zero-order valence-electron chi connectivity index (χ0n) is 16.1. The van der Waals surface area contributed by atoms with Crippen molar-refractivity contribution in [3.63, 3.8) is 0 Å². The molecule has 0 aliphatic carbocycles. The molecule has 27 heavy (non-hydrogen) atoms. The first-order chi connectivity index (χ1) is 13.0. The molecule has 0 saturated carbocycles. The summed E-state index contributed by atoms with van der Waals surface area (Å²) in [6.07, 6.45) is 3.13. The van der Waals surface area contributed by atoms with E-state index in [2.05, 4.69) is 29.1 Å². The van der Waals surface area contributed by atoms with Crippen LogP contribution in [-0.2, 0) is 0 Å². The summed E-state index contributed by atoms with van der Waals surface area (Å²) in [4.78, 5) is 23.3. The second-order valence-corrected chi connectivity index (χ2v) is 6.80. The maximum Gasteiger partial charge on any atom is 0.275 e. The maximum absolute atomic E-state index is 12.7. The van der Waals surface area contributed by atoms with Gasteiger partial charge in [0.05, 0.1) is 12.4 Å². The van der Waals surface area contributed by atoms with Gasteiger partial charge in [-0.2, -0.15) is 0 Å². The van der Waals surface area contributed by atoms with E-state index in [0.717, 1.165) is 22.5 Å². The number of hydrogen-bond donors (Lipinski definition) is 1. The van der Waals surface area contributed by atoms with Crippen LogP contribution in [-0.4, -0.2) is 22.9 Å². The van der Waals surface area contributed by atoms with Crippen molar-refractivity contribution in [2.45, 2.75) is 26.7 Å². The molecule has 0 aliphatic rings. The van der Waals surface area contributed by atoms with Crippen molar-refractivity contribution in [3.05, 3.63) is 77.7 Å². The molecule has 0 saturated heterocycles. The van der Waals surface area contributed by atoms with Gasteiger partial charge in [-0.15, -0.1) is 0 Å². The third-order valence-corrected chi connectivity index (χ3v) is 4.52. The number of anilines is 3. The molecular formula is C22H24N4O. The molecule has 5 nitrogen and oxygen atoms in total. The van der Waals surface area contributed by atoms with Gasteiger partial charge >= 0.3 is 0 Å². The van der Waals surface area contributed by atoms with Crippen molar-refractivity contribution in [1.82, 2.24) is 9.97 Å². The van der Waals surface area contributed by atoms with Gasteiger partial charge < -0.3 is 10.2 Å². The Labute approximate surface area is 160 Å². The average molecular weight is 360 g/mol. The van der Waals surface area contributed by atoms with Gasteiger partial charge in [-0.25, -0.2) is 9.97 Å². The van der Waals surface area contributed by atoms with E-state index in [1.165, 1.54) is 6.20 Å². The van der Waals surface area contributed by atoms with Crippen LogP contribution in [0.15, 0.2) is 60.9 Å². The molecule has 0 bridgehead atoms. The lowest BCUT2D eigenvalue weighted by Crippen LogP contribution is -2.18. The Morgan fingerprint density at radius 3 is 2.37 bits per heavy atom. The van der Waals surface area contributed by atoms with Gasteiger partial charge in [-0.1, -0.05) is 50.2 Å². The minimum Gasteiger partial charge on any atom is -0.328 e. The number of nitrogens with zero attached hydrogens (tertiary/aromatic N) is 3. The number of nitrogens with one attached hydrogen (secondary N) is 1. The van der Waals surface area contributed by atoms with E-state index in [4.69, 9.17) is 0 Å². The van der Waals surface area contributed by atoms with Crippen LogP contribution in [0.2, 0.25) is 0 Å². The molecule has 0 unspecified atom stereocenters. The third-order valence-electron chi connectivity index (χ3n) is 4.52. The Bertz CT molecular complexity index is 921. The summed E-state index contributed by atoms with van der Waals surface area (Å²) in [5.74, 6) is 0.734. The second-order valence-electron chi connectivity index (χ2n) is 6.80. The number of aryl methyl sites for hydroxylation is 1. The summed E-state index contributed by atoms with van der Waals surface area (Å²) in [6, 6.07) is 15.9. The van der Waals surface area contributed by atoms with Gasteiger partial charge in [0, 0.05) is 18.4 Å². The van der Waals surface area contributed by atoms with Gasteiger partial charge in [-0.05, 0) is 36.1 Å². The molecule has 5 heteroatoms. The predicted octanol–water partition coefficient (Wildman–Crippen LogP) is 4.93. The molecule has 0 radical (unpaired) electrons. The highest BCUT2D eigenvalue weighted by atomic mass is 16.1. The highest BCUT2D eigenvalue weighted by Gasteiger charge is 2.15. The fourth-order valence-corrected chi connectivity index (χ4v) is 2.92. The lowest BCUT2D eigenvalue weighted by Gasteiger charge is -2.18. The van der Waals surface area contributed by atoms with Crippen molar-refractivity contribution in [3.8, 4) is 0 Å². The molecular weight excluding hydrogens is 336 g/mol. The molecule has 0 atom stereocenters. The van der Waals surface area contributed by atoms with Crippen molar-refractivity contribution in [1.29, 1.82) is 0 Å².